The molecule has 0 amide bonds. The minimum Gasteiger partial charge on any atom is -0.390 e. The molecular weight excluding hydrogens is 320 g/mol. The number of nitrogens with one attached hydrogen (secondary N) is 1. The van der Waals surface area contributed by atoms with Crippen LogP contribution in [0, 0.1) is 0 Å². The van der Waals surface area contributed by atoms with Gasteiger partial charge in [0.05, 0.1) is 17.8 Å². The number of aliphatic hydroxyl groups excluding tert-OH is 1. The first-order chi connectivity index (χ1) is 10.7. The Morgan fingerprint density at radius 1 is 1.52 bits per heavy atom. The van der Waals surface area contributed by atoms with E-state index in [9.17, 15) is 13.5 Å². The lowest BCUT2D eigenvalue weighted by Crippen LogP contribution is -2.55. The highest BCUT2D eigenvalue weighted by molar-refractivity contribution is 7.87. The summed E-state index contributed by atoms with van der Waals surface area (Å²) in [5.41, 5.74) is 0.827. The minimum atomic E-state index is -3.54. The molecular formula is C14H26N4O4S. The molecule has 1 aliphatic rings. The van der Waals surface area contributed by atoms with Crippen LogP contribution in [-0.2, 0) is 16.8 Å². The number of likely N-dealkylation sites (tertiary alicyclic amines) is 1. The molecule has 1 saturated heterocycles. The summed E-state index contributed by atoms with van der Waals surface area (Å²) < 4.78 is 32.6. The van der Waals surface area contributed by atoms with Gasteiger partial charge in [-0.3, -0.25) is 4.90 Å². The van der Waals surface area contributed by atoms with E-state index in [1.165, 1.54) is 14.1 Å². The van der Waals surface area contributed by atoms with Gasteiger partial charge in [0.1, 0.15) is 5.76 Å². The summed E-state index contributed by atoms with van der Waals surface area (Å²) in [6.07, 6.45) is -0.210. The summed E-state index contributed by atoms with van der Waals surface area (Å²) in [4.78, 5) is 2.05. The molecule has 2 N–H and O–H groups in total. The van der Waals surface area contributed by atoms with Crippen molar-refractivity contribution >= 4 is 10.2 Å². The molecule has 1 aliphatic heterocycles. The molecule has 9 heteroatoms. The van der Waals surface area contributed by atoms with Gasteiger partial charge in [-0.05, 0) is 6.42 Å². The van der Waals surface area contributed by atoms with Crippen molar-refractivity contribution in [3.05, 3.63) is 17.5 Å². The molecule has 0 spiro atoms. The zero-order valence-corrected chi connectivity index (χ0v) is 14.9. The van der Waals surface area contributed by atoms with E-state index in [4.69, 9.17) is 4.52 Å². The fourth-order valence-corrected chi connectivity index (χ4v) is 3.35. The van der Waals surface area contributed by atoms with Gasteiger partial charge in [-0.2, -0.15) is 17.4 Å². The third-order valence-corrected chi connectivity index (χ3v) is 5.54. The molecule has 2 heterocycles. The van der Waals surface area contributed by atoms with E-state index in [-0.39, 0.29) is 5.92 Å². The molecule has 2 atom stereocenters. The normalized spacial score (nSPS) is 23.8. The first-order valence-corrected chi connectivity index (χ1v) is 9.18. The van der Waals surface area contributed by atoms with E-state index >= 15 is 0 Å². The Balaban J connectivity index is 1.90. The number of hydrogen-bond acceptors (Lipinski definition) is 6. The fraction of sp³-hybridized carbons (Fsp3) is 0.786. The zero-order valence-electron chi connectivity index (χ0n) is 14.1. The largest absolute Gasteiger partial charge is 0.390 e. The summed E-state index contributed by atoms with van der Waals surface area (Å²) in [6, 6.07) is 1.46. The Kier molecular flexibility index (Phi) is 5.79. The molecule has 1 aromatic heterocycles. The number of piperidine rings is 1. The van der Waals surface area contributed by atoms with E-state index in [1.54, 1.807) is 0 Å². The van der Waals surface area contributed by atoms with Gasteiger partial charge in [0.25, 0.3) is 10.2 Å². The number of aromatic nitrogens is 1. The number of β-amino-alcohol motifs (C(OH)–C–C–N with tert-alkyl or cyclic N) is 1. The van der Waals surface area contributed by atoms with Crippen molar-refractivity contribution in [2.75, 3.05) is 27.2 Å². The van der Waals surface area contributed by atoms with Crippen molar-refractivity contribution in [3.63, 3.8) is 0 Å². The molecule has 0 radical (unpaired) electrons. The second-order valence-corrected chi connectivity index (χ2v) is 8.39. The molecule has 132 valence electrons. The predicted molar refractivity (Wildman–Crippen MR) is 86.0 cm³/mol. The van der Waals surface area contributed by atoms with Crippen LogP contribution in [0.15, 0.2) is 10.6 Å². The molecule has 0 aliphatic carbocycles. The van der Waals surface area contributed by atoms with Gasteiger partial charge < -0.3 is 9.63 Å². The van der Waals surface area contributed by atoms with Crippen LogP contribution in [0.2, 0.25) is 0 Å². The average Bonchev–Trinajstić information content (AvgIpc) is 2.90. The highest BCUT2D eigenvalue weighted by Gasteiger charge is 2.31. The molecule has 1 fully saturated rings. The monoisotopic (exact) mass is 346 g/mol. The molecule has 23 heavy (non-hydrogen) atoms. The van der Waals surface area contributed by atoms with Crippen molar-refractivity contribution in [3.8, 4) is 0 Å². The highest BCUT2D eigenvalue weighted by Crippen LogP contribution is 2.18. The summed E-state index contributed by atoms with van der Waals surface area (Å²) in [6.45, 7) is 5.74. The lowest BCUT2D eigenvalue weighted by Gasteiger charge is -2.36. The molecule has 0 saturated carbocycles. The Morgan fingerprint density at radius 3 is 2.74 bits per heavy atom. The maximum absolute atomic E-state index is 11.9. The van der Waals surface area contributed by atoms with Gasteiger partial charge in [-0.15, -0.1) is 0 Å². The lowest BCUT2D eigenvalue weighted by molar-refractivity contribution is 0.0432. The smallest absolute Gasteiger partial charge is 0.279 e. The topological polar surface area (TPSA) is 98.9 Å². The van der Waals surface area contributed by atoms with E-state index in [2.05, 4.69) is 9.88 Å². The predicted octanol–water partition coefficient (Wildman–Crippen LogP) is 0.129. The third-order valence-electron chi connectivity index (χ3n) is 3.98. The van der Waals surface area contributed by atoms with Crippen LogP contribution in [0.4, 0.5) is 0 Å². The van der Waals surface area contributed by atoms with Crippen molar-refractivity contribution in [2.24, 2.45) is 0 Å². The van der Waals surface area contributed by atoms with Crippen LogP contribution >= 0.6 is 0 Å². The summed E-state index contributed by atoms with van der Waals surface area (Å²) >= 11 is 0. The van der Waals surface area contributed by atoms with Crippen molar-refractivity contribution < 1.29 is 18.0 Å². The number of nitrogens with zero attached hydrogens (tertiary/aromatic N) is 3. The van der Waals surface area contributed by atoms with E-state index < -0.39 is 22.4 Å². The highest BCUT2D eigenvalue weighted by atomic mass is 32.2. The Hall–Kier alpha value is -1.00. The molecule has 0 aromatic carbocycles. The van der Waals surface area contributed by atoms with Crippen LogP contribution in [0.1, 0.15) is 37.6 Å². The zero-order chi connectivity index (χ0) is 17.2. The summed E-state index contributed by atoms with van der Waals surface area (Å²) in [5.74, 6) is 1.13. The van der Waals surface area contributed by atoms with Gasteiger partial charge in [-0.25, -0.2) is 0 Å². The van der Waals surface area contributed by atoms with Crippen molar-refractivity contribution in [2.45, 2.75) is 44.9 Å². The van der Waals surface area contributed by atoms with Crippen LogP contribution in [0.5, 0.6) is 0 Å². The quantitative estimate of drug-likeness (QED) is 0.760. The summed E-state index contributed by atoms with van der Waals surface area (Å²) in [7, 11) is -0.618. The van der Waals surface area contributed by atoms with E-state index in [0.29, 0.717) is 26.1 Å². The second-order valence-electron chi connectivity index (χ2n) is 6.48. The Bertz CT molecular complexity index is 614. The number of hydrogen-bond donors (Lipinski definition) is 2. The molecule has 8 nitrogen and oxygen atoms in total. The lowest BCUT2D eigenvalue weighted by atomic mass is 10.0. The minimum absolute atomic E-state index is 0.285. The van der Waals surface area contributed by atoms with Gasteiger partial charge in [0, 0.05) is 45.7 Å². The Labute approximate surface area is 137 Å². The second kappa shape index (κ2) is 7.27. The van der Waals surface area contributed by atoms with Gasteiger partial charge in [0.15, 0.2) is 0 Å². The van der Waals surface area contributed by atoms with Crippen LogP contribution in [0.25, 0.3) is 0 Å². The van der Waals surface area contributed by atoms with E-state index in [0.717, 1.165) is 15.8 Å². The molecule has 0 bridgehead atoms. The van der Waals surface area contributed by atoms with Gasteiger partial charge >= 0.3 is 0 Å². The molecule has 2 unspecified atom stereocenters. The van der Waals surface area contributed by atoms with E-state index in [1.807, 2.05) is 24.8 Å². The fourth-order valence-electron chi connectivity index (χ4n) is 2.48. The molecule has 1 aromatic rings. The Morgan fingerprint density at radius 2 is 2.22 bits per heavy atom. The average molecular weight is 346 g/mol. The van der Waals surface area contributed by atoms with Crippen molar-refractivity contribution in [1.29, 1.82) is 0 Å². The van der Waals surface area contributed by atoms with Gasteiger partial charge in [-0.1, -0.05) is 19.0 Å². The number of aliphatic hydroxyl groups is 1. The van der Waals surface area contributed by atoms with Crippen LogP contribution in [0.3, 0.4) is 0 Å². The number of rotatable bonds is 6. The maximum atomic E-state index is 11.9. The first kappa shape index (κ1) is 18.3. The SMILES string of the molecule is CC(C)c1cc(CN2CCC(NS(=O)(=O)N(C)C)C(O)C2)no1. The molecule has 2 rings (SSSR count). The van der Waals surface area contributed by atoms with Crippen LogP contribution < -0.4 is 4.72 Å². The van der Waals surface area contributed by atoms with Crippen molar-refractivity contribution in [1.82, 2.24) is 19.1 Å². The van der Waals surface area contributed by atoms with Crippen LogP contribution in [-0.4, -0.2) is 67.2 Å². The first-order valence-electron chi connectivity index (χ1n) is 7.74. The maximum Gasteiger partial charge on any atom is 0.279 e. The van der Waals surface area contributed by atoms with Gasteiger partial charge in [0.2, 0.25) is 0 Å². The third kappa shape index (κ3) is 4.74. The summed E-state index contributed by atoms with van der Waals surface area (Å²) in [5, 5.41) is 14.3. The standard InChI is InChI=1S/C14H26N4O4S/c1-10(2)14-7-11(15-22-14)8-18-6-5-12(13(19)9-18)16-23(20,21)17(3)4/h7,10,12-13,16,19H,5-6,8-9H2,1-4H3.